The third-order valence-electron chi connectivity index (χ3n) is 5.45. The molecule has 2 rings (SSSR count). The minimum Gasteiger partial charge on any atom is -0.494 e. The molecule has 0 saturated carbocycles. The van der Waals surface area contributed by atoms with Crippen LogP contribution in [0.25, 0.3) is 0 Å². The fraction of sp³-hybridized carbons (Fsp3) is 0.400. The predicted molar refractivity (Wildman–Crippen MR) is 117 cm³/mol. The lowest BCUT2D eigenvalue weighted by atomic mass is 9.90. The maximum Gasteiger partial charge on any atom is 0.377 e. The average molecular weight is 427 g/mol. The lowest BCUT2D eigenvalue weighted by Crippen LogP contribution is -2.25. The van der Waals surface area contributed by atoms with Crippen LogP contribution in [0, 0.1) is 12.3 Å². The first-order chi connectivity index (χ1) is 14.7. The number of Topliss-reactive ketones (excluding diaryl/α,β-unsaturated/α-hetero) is 1. The van der Waals surface area contributed by atoms with Crippen LogP contribution < -0.4 is 4.74 Å². The summed E-state index contributed by atoms with van der Waals surface area (Å²) in [7, 11) is 0. The SMILES string of the molecule is CCC(C)(C)C(=O)OCc1cccc(C)c1CCCOc1ccc(C(=O)C(=O)O)cc1. The van der Waals surface area contributed by atoms with E-state index in [0.717, 1.165) is 36.0 Å². The molecule has 1 N–H and O–H groups in total. The molecule has 0 heterocycles. The average Bonchev–Trinajstić information content (AvgIpc) is 2.75. The molecular weight excluding hydrogens is 396 g/mol. The number of ketones is 1. The molecule has 0 amide bonds. The Kier molecular flexibility index (Phi) is 8.37. The van der Waals surface area contributed by atoms with Crippen molar-refractivity contribution in [3.05, 3.63) is 64.7 Å². The summed E-state index contributed by atoms with van der Waals surface area (Å²) in [6.45, 7) is 8.48. The van der Waals surface area contributed by atoms with Crippen LogP contribution >= 0.6 is 0 Å². The number of esters is 1. The zero-order valence-corrected chi connectivity index (χ0v) is 18.6. The van der Waals surface area contributed by atoms with Gasteiger partial charge in [-0.25, -0.2) is 4.79 Å². The van der Waals surface area contributed by atoms with E-state index in [1.54, 1.807) is 12.1 Å². The second-order valence-corrected chi connectivity index (χ2v) is 8.14. The van der Waals surface area contributed by atoms with Crippen LogP contribution in [-0.2, 0) is 27.4 Å². The van der Waals surface area contributed by atoms with Crippen LogP contribution in [0.3, 0.4) is 0 Å². The number of aliphatic carboxylic acids is 1. The molecule has 0 bridgehead atoms. The minimum atomic E-state index is -1.48. The normalized spacial score (nSPS) is 11.1. The van der Waals surface area contributed by atoms with E-state index in [9.17, 15) is 14.4 Å². The molecule has 0 aliphatic carbocycles. The van der Waals surface area contributed by atoms with Gasteiger partial charge in [0.2, 0.25) is 0 Å². The first-order valence-electron chi connectivity index (χ1n) is 10.4. The van der Waals surface area contributed by atoms with Crippen molar-refractivity contribution >= 4 is 17.7 Å². The summed E-state index contributed by atoms with van der Waals surface area (Å²) in [4.78, 5) is 34.4. The summed E-state index contributed by atoms with van der Waals surface area (Å²) >= 11 is 0. The number of aryl methyl sites for hydroxylation is 1. The number of carbonyl (C=O) groups excluding carboxylic acids is 2. The molecule has 6 nitrogen and oxygen atoms in total. The Hall–Kier alpha value is -3.15. The molecule has 0 atom stereocenters. The zero-order chi connectivity index (χ0) is 23.0. The van der Waals surface area contributed by atoms with Gasteiger partial charge < -0.3 is 14.6 Å². The maximum absolute atomic E-state index is 12.3. The Labute approximate surface area is 183 Å². The Morgan fingerprint density at radius 1 is 1.03 bits per heavy atom. The Morgan fingerprint density at radius 2 is 1.71 bits per heavy atom. The molecule has 0 fully saturated rings. The van der Waals surface area contributed by atoms with Crippen molar-refractivity contribution in [2.45, 2.75) is 53.6 Å². The van der Waals surface area contributed by atoms with Gasteiger partial charge in [0.15, 0.2) is 0 Å². The van der Waals surface area contributed by atoms with Crippen molar-refractivity contribution < 1.29 is 29.0 Å². The fourth-order valence-electron chi connectivity index (χ4n) is 3.00. The number of rotatable bonds is 11. The molecule has 0 radical (unpaired) electrons. The number of carboxylic acids is 1. The molecule has 2 aromatic rings. The van der Waals surface area contributed by atoms with Gasteiger partial charge in [-0.3, -0.25) is 9.59 Å². The van der Waals surface area contributed by atoms with Gasteiger partial charge >= 0.3 is 11.9 Å². The first-order valence-corrected chi connectivity index (χ1v) is 10.4. The summed E-state index contributed by atoms with van der Waals surface area (Å²) in [6.07, 6.45) is 2.24. The molecule has 6 heteroatoms. The zero-order valence-electron chi connectivity index (χ0n) is 18.6. The van der Waals surface area contributed by atoms with Crippen LogP contribution in [-0.4, -0.2) is 29.4 Å². The number of hydrogen-bond acceptors (Lipinski definition) is 5. The summed E-state index contributed by atoms with van der Waals surface area (Å²) in [5, 5.41) is 8.74. The smallest absolute Gasteiger partial charge is 0.377 e. The molecular formula is C25H30O6. The highest BCUT2D eigenvalue weighted by atomic mass is 16.5. The van der Waals surface area contributed by atoms with Crippen LogP contribution in [0.1, 0.15) is 60.7 Å². The van der Waals surface area contributed by atoms with E-state index < -0.39 is 17.2 Å². The van der Waals surface area contributed by atoms with E-state index in [2.05, 4.69) is 0 Å². The van der Waals surface area contributed by atoms with Gasteiger partial charge in [-0.05, 0) is 81.0 Å². The lowest BCUT2D eigenvalue weighted by molar-refractivity contribution is -0.155. The lowest BCUT2D eigenvalue weighted by Gasteiger charge is -2.21. The quantitative estimate of drug-likeness (QED) is 0.241. The molecule has 0 aliphatic rings. The number of carboxylic acid groups (broad SMARTS) is 1. The Bertz CT molecular complexity index is 928. The molecule has 0 unspecified atom stereocenters. The number of hydrogen-bond donors (Lipinski definition) is 1. The molecule has 0 aromatic heterocycles. The van der Waals surface area contributed by atoms with Gasteiger partial charge in [0.1, 0.15) is 12.4 Å². The highest BCUT2D eigenvalue weighted by Gasteiger charge is 2.27. The number of benzene rings is 2. The van der Waals surface area contributed by atoms with E-state index in [4.69, 9.17) is 14.6 Å². The van der Waals surface area contributed by atoms with Gasteiger partial charge in [-0.1, -0.05) is 25.1 Å². The molecule has 0 saturated heterocycles. The summed E-state index contributed by atoms with van der Waals surface area (Å²) in [6, 6.07) is 12.0. The van der Waals surface area contributed by atoms with Crippen molar-refractivity contribution in [2.75, 3.05) is 6.61 Å². The van der Waals surface area contributed by atoms with E-state index in [1.165, 1.54) is 12.1 Å². The van der Waals surface area contributed by atoms with Gasteiger partial charge in [-0.2, -0.15) is 0 Å². The van der Waals surface area contributed by atoms with E-state index in [0.29, 0.717) is 12.4 Å². The minimum absolute atomic E-state index is 0.116. The molecule has 2 aromatic carbocycles. The summed E-state index contributed by atoms with van der Waals surface area (Å²) < 4.78 is 11.3. The van der Waals surface area contributed by atoms with Gasteiger partial charge in [-0.15, -0.1) is 0 Å². The fourth-order valence-corrected chi connectivity index (χ4v) is 3.00. The predicted octanol–water partition coefficient (Wildman–Crippen LogP) is 4.75. The third-order valence-corrected chi connectivity index (χ3v) is 5.45. The molecule has 31 heavy (non-hydrogen) atoms. The topological polar surface area (TPSA) is 89.9 Å². The van der Waals surface area contributed by atoms with Crippen molar-refractivity contribution in [3.8, 4) is 5.75 Å². The van der Waals surface area contributed by atoms with Crippen molar-refractivity contribution in [1.29, 1.82) is 0 Å². The highest BCUT2D eigenvalue weighted by Crippen LogP contribution is 2.24. The molecule has 166 valence electrons. The molecule has 0 spiro atoms. The second kappa shape index (κ2) is 10.8. The van der Waals surface area contributed by atoms with E-state index in [-0.39, 0.29) is 18.1 Å². The van der Waals surface area contributed by atoms with Crippen molar-refractivity contribution in [2.24, 2.45) is 5.41 Å². The van der Waals surface area contributed by atoms with Crippen LogP contribution in [0.2, 0.25) is 0 Å². The monoisotopic (exact) mass is 426 g/mol. The number of ether oxygens (including phenoxy) is 2. The van der Waals surface area contributed by atoms with Gasteiger partial charge in [0, 0.05) is 5.56 Å². The number of carbonyl (C=O) groups is 3. The van der Waals surface area contributed by atoms with Crippen molar-refractivity contribution in [3.63, 3.8) is 0 Å². The van der Waals surface area contributed by atoms with E-state index in [1.807, 2.05) is 45.9 Å². The first kappa shape index (κ1) is 24.1. The Balaban J connectivity index is 1.91. The second-order valence-electron chi connectivity index (χ2n) is 8.14. The highest BCUT2D eigenvalue weighted by molar-refractivity contribution is 6.39. The van der Waals surface area contributed by atoms with Crippen LogP contribution in [0.4, 0.5) is 0 Å². The van der Waals surface area contributed by atoms with Gasteiger partial charge in [0.05, 0.1) is 12.0 Å². The summed E-state index contributed by atoms with van der Waals surface area (Å²) in [5.41, 5.74) is 2.90. The summed E-state index contributed by atoms with van der Waals surface area (Å²) in [5.74, 6) is -2.05. The third kappa shape index (κ3) is 6.67. The van der Waals surface area contributed by atoms with Crippen molar-refractivity contribution in [1.82, 2.24) is 0 Å². The standard InChI is InChI=1S/C25H30O6/c1-5-25(3,4)24(29)31-16-19-9-6-8-17(2)21(19)10-7-15-30-20-13-11-18(12-14-20)22(26)23(27)28/h6,8-9,11-14H,5,7,10,15-16H2,1-4H3,(H,27,28). The largest absolute Gasteiger partial charge is 0.494 e. The van der Waals surface area contributed by atoms with Gasteiger partial charge in [0.25, 0.3) is 5.78 Å². The van der Waals surface area contributed by atoms with Crippen LogP contribution in [0.5, 0.6) is 5.75 Å². The maximum atomic E-state index is 12.3. The molecule has 0 aliphatic heterocycles. The van der Waals surface area contributed by atoms with Crippen LogP contribution in [0.15, 0.2) is 42.5 Å². The Morgan fingerprint density at radius 3 is 2.32 bits per heavy atom. The van der Waals surface area contributed by atoms with E-state index >= 15 is 0 Å².